The number of carboxylic acid groups (broad SMARTS) is 1. The molecule has 6 heteroatoms. The quantitative estimate of drug-likeness (QED) is 0.610. The smallest absolute Gasteiger partial charge is 0.410 e. The molecule has 2 aromatic carbocycles. The van der Waals surface area contributed by atoms with Gasteiger partial charge in [-0.1, -0.05) is 61.9 Å². The molecular formula is C23H27NO5. The van der Waals surface area contributed by atoms with Crippen molar-refractivity contribution in [2.75, 3.05) is 32.9 Å². The molecule has 0 saturated carbocycles. The highest BCUT2D eigenvalue weighted by molar-refractivity contribution is 5.79. The van der Waals surface area contributed by atoms with Crippen molar-refractivity contribution in [3.63, 3.8) is 0 Å². The summed E-state index contributed by atoms with van der Waals surface area (Å²) in [6.07, 6.45) is 1.32. The highest BCUT2D eigenvalue weighted by atomic mass is 16.6. The molecule has 1 N–H and O–H groups in total. The second-order valence-electron chi connectivity index (χ2n) is 7.09. The zero-order chi connectivity index (χ0) is 20.6. The van der Waals surface area contributed by atoms with Crippen molar-refractivity contribution in [3.05, 3.63) is 59.7 Å². The Labute approximate surface area is 171 Å². The summed E-state index contributed by atoms with van der Waals surface area (Å²) < 4.78 is 11.0. The van der Waals surface area contributed by atoms with E-state index in [2.05, 4.69) is 19.1 Å². The molecule has 29 heavy (non-hydrogen) atoms. The fourth-order valence-electron chi connectivity index (χ4n) is 3.61. The summed E-state index contributed by atoms with van der Waals surface area (Å²) in [5, 5.41) is 9.12. The van der Waals surface area contributed by atoms with Gasteiger partial charge in [-0.2, -0.15) is 0 Å². The first-order valence-corrected chi connectivity index (χ1v) is 10.0. The molecule has 1 aliphatic carbocycles. The molecule has 0 radical (unpaired) electrons. The lowest BCUT2D eigenvalue weighted by atomic mass is 9.98. The molecule has 0 spiro atoms. The number of carbonyl (C=O) groups excluding carboxylic acids is 1. The minimum absolute atomic E-state index is 0.0566. The van der Waals surface area contributed by atoms with Crippen LogP contribution in [0.25, 0.3) is 11.1 Å². The summed E-state index contributed by atoms with van der Waals surface area (Å²) in [5.74, 6) is -1.13. The van der Waals surface area contributed by atoms with Crippen molar-refractivity contribution in [2.45, 2.75) is 25.7 Å². The molecule has 3 rings (SSSR count). The Hall–Kier alpha value is -2.86. The number of amides is 1. The molecule has 0 heterocycles. The van der Waals surface area contributed by atoms with Gasteiger partial charge in [0.25, 0.3) is 0 Å². The average Bonchev–Trinajstić information content (AvgIpc) is 3.04. The maximum Gasteiger partial charge on any atom is 0.410 e. The third kappa shape index (κ3) is 5.15. The first-order valence-electron chi connectivity index (χ1n) is 10.0. The zero-order valence-electron chi connectivity index (χ0n) is 16.7. The second-order valence-corrected chi connectivity index (χ2v) is 7.09. The van der Waals surface area contributed by atoms with Gasteiger partial charge in [0.1, 0.15) is 13.2 Å². The minimum Gasteiger partial charge on any atom is -0.480 e. The number of aliphatic carboxylic acids is 1. The van der Waals surface area contributed by atoms with Crippen molar-refractivity contribution in [1.29, 1.82) is 0 Å². The van der Waals surface area contributed by atoms with Crippen molar-refractivity contribution in [2.24, 2.45) is 0 Å². The van der Waals surface area contributed by atoms with Gasteiger partial charge in [-0.15, -0.1) is 0 Å². The second kappa shape index (κ2) is 10.1. The van der Waals surface area contributed by atoms with E-state index in [1.165, 1.54) is 4.90 Å². The summed E-state index contributed by atoms with van der Waals surface area (Å²) in [6.45, 7) is 2.90. The average molecular weight is 397 g/mol. The fourth-order valence-corrected chi connectivity index (χ4v) is 3.61. The first kappa shape index (κ1) is 20.9. The van der Waals surface area contributed by atoms with Gasteiger partial charge in [0.05, 0.1) is 6.61 Å². The van der Waals surface area contributed by atoms with E-state index in [0.717, 1.165) is 35.1 Å². The van der Waals surface area contributed by atoms with Crippen molar-refractivity contribution >= 4 is 12.1 Å². The first-order chi connectivity index (χ1) is 14.1. The van der Waals surface area contributed by atoms with Crippen molar-refractivity contribution in [1.82, 2.24) is 4.90 Å². The van der Waals surface area contributed by atoms with Crippen LogP contribution in [0, 0.1) is 0 Å². The molecular weight excluding hydrogens is 370 g/mol. The summed E-state index contributed by atoms with van der Waals surface area (Å²) in [5.41, 5.74) is 4.54. The van der Waals surface area contributed by atoms with E-state index >= 15 is 0 Å². The van der Waals surface area contributed by atoms with E-state index in [4.69, 9.17) is 14.6 Å². The number of unbranched alkanes of at least 4 members (excludes halogenated alkanes) is 1. The van der Waals surface area contributed by atoms with Crippen LogP contribution in [-0.4, -0.2) is 55.0 Å². The highest BCUT2D eigenvalue weighted by Gasteiger charge is 2.29. The summed E-state index contributed by atoms with van der Waals surface area (Å²) in [7, 11) is 0. The Morgan fingerprint density at radius 2 is 1.62 bits per heavy atom. The van der Waals surface area contributed by atoms with E-state index in [9.17, 15) is 9.59 Å². The predicted molar refractivity (Wildman–Crippen MR) is 110 cm³/mol. The zero-order valence-corrected chi connectivity index (χ0v) is 16.7. The monoisotopic (exact) mass is 397 g/mol. The van der Waals surface area contributed by atoms with Gasteiger partial charge in [-0.25, -0.2) is 4.79 Å². The predicted octanol–water partition coefficient (Wildman–Crippen LogP) is 4.14. The van der Waals surface area contributed by atoms with Crippen LogP contribution in [0.3, 0.4) is 0 Å². The Kier molecular flexibility index (Phi) is 7.25. The lowest BCUT2D eigenvalue weighted by molar-refractivity contribution is -0.138. The molecule has 154 valence electrons. The number of rotatable bonds is 10. The summed E-state index contributed by atoms with van der Waals surface area (Å²) >= 11 is 0. The van der Waals surface area contributed by atoms with Crippen LogP contribution < -0.4 is 0 Å². The lowest BCUT2D eigenvalue weighted by Crippen LogP contribution is -2.39. The largest absolute Gasteiger partial charge is 0.480 e. The van der Waals surface area contributed by atoms with Gasteiger partial charge >= 0.3 is 12.1 Å². The van der Waals surface area contributed by atoms with Gasteiger partial charge in [-0.05, 0) is 28.7 Å². The maximum atomic E-state index is 12.6. The van der Waals surface area contributed by atoms with E-state index in [1.807, 2.05) is 36.4 Å². The molecule has 2 aromatic rings. The molecule has 1 aliphatic rings. The molecule has 0 aliphatic heterocycles. The SMILES string of the molecule is CCCCOCCN(CC(=O)O)C(=O)OCC1c2ccccc2-c2ccccc21. The number of carboxylic acids is 1. The number of hydrogen-bond acceptors (Lipinski definition) is 4. The Morgan fingerprint density at radius 3 is 2.21 bits per heavy atom. The van der Waals surface area contributed by atoms with Crippen LogP contribution in [0.1, 0.15) is 36.8 Å². The number of ether oxygens (including phenoxy) is 2. The molecule has 0 atom stereocenters. The van der Waals surface area contributed by atoms with Crippen LogP contribution in [0.5, 0.6) is 0 Å². The lowest BCUT2D eigenvalue weighted by Gasteiger charge is -2.22. The number of carbonyl (C=O) groups is 2. The standard InChI is InChI=1S/C23H27NO5/c1-2-3-13-28-14-12-24(15-22(25)26)23(27)29-16-21-19-10-6-4-8-17(19)18-9-5-7-11-20(18)21/h4-11,21H,2-3,12-16H2,1H3,(H,25,26). The summed E-state index contributed by atoms with van der Waals surface area (Å²) in [4.78, 5) is 24.9. The van der Waals surface area contributed by atoms with E-state index in [0.29, 0.717) is 6.61 Å². The van der Waals surface area contributed by atoms with Crippen LogP contribution in [0.2, 0.25) is 0 Å². The maximum absolute atomic E-state index is 12.6. The topological polar surface area (TPSA) is 76.1 Å². The van der Waals surface area contributed by atoms with Crippen LogP contribution in [-0.2, 0) is 14.3 Å². The van der Waals surface area contributed by atoms with E-state index in [1.54, 1.807) is 0 Å². The number of nitrogens with zero attached hydrogens (tertiary/aromatic N) is 1. The Balaban J connectivity index is 1.64. The van der Waals surface area contributed by atoms with Gasteiger partial charge in [0.15, 0.2) is 0 Å². The Morgan fingerprint density at radius 1 is 1.00 bits per heavy atom. The van der Waals surface area contributed by atoms with Gasteiger partial charge in [-0.3, -0.25) is 9.69 Å². The van der Waals surface area contributed by atoms with E-state index < -0.39 is 18.6 Å². The van der Waals surface area contributed by atoms with Crippen molar-refractivity contribution in [3.8, 4) is 11.1 Å². The van der Waals surface area contributed by atoms with Gasteiger partial charge < -0.3 is 14.6 Å². The van der Waals surface area contributed by atoms with Gasteiger partial charge in [0, 0.05) is 19.1 Å². The Bertz CT molecular complexity index is 805. The van der Waals surface area contributed by atoms with Crippen LogP contribution in [0.4, 0.5) is 4.79 Å². The van der Waals surface area contributed by atoms with Crippen LogP contribution >= 0.6 is 0 Å². The third-order valence-corrected chi connectivity index (χ3v) is 5.07. The normalized spacial score (nSPS) is 12.3. The fraction of sp³-hybridized carbons (Fsp3) is 0.391. The summed E-state index contributed by atoms with van der Waals surface area (Å²) in [6, 6.07) is 16.2. The molecule has 0 unspecified atom stereocenters. The molecule has 0 bridgehead atoms. The molecule has 0 aromatic heterocycles. The van der Waals surface area contributed by atoms with E-state index in [-0.39, 0.29) is 25.7 Å². The third-order valence-electron chi connectivity index (χ3n) is 5.07. The van der Waals surface area contributed by atoms with Gasteiger partial charge in [0.2, 0.25) is 0 Å². The molecule has 1 amide bonds. The van der Waals surface area contributed by atoms with Crippen molar-refractivity contribution < 1.29 is 24.2 Å². The molecule has 6 nitrogen and oxygen atoms in total. The number of benzene rings is 2. The minimum atomic E-state index is -1.08. The number of hydrogen-bond donors (Lipinski definition) is 1. The number of fused-ring (bicyclic) bond motifs is 3. The highest BCUT2D eigenvalue weighted by Crippen LogP contribution is 2.44. The molecule has 0 fully saturated rings. The van der Waals surface area contributed by atoms with Crippen LogP contribution in [0.15, 0.2) is 48.5 Å². The molecule has 0 saturated heterocycles.